The van der Waals surface area contributed by atoms with Gasteiger partial charge >= 0.3 is 11.9 Å². The monoisotopic (exact) mass is 258 g/mol. The summed E-state index contributed by atoms with van der Waals surface area (Å²) in [7, 11) is 1.30. The number of carbonyl (C=O) groups is 2. The predicted molar refractivity (Wildman–Crippen MR) is 65.0 cm³/mol. The molecule has 0 saturated carbocycles. The topological polar surface area (TPSA) is 61.8 Å². The highest BCUT2D eigenvalue weighted by atomic mass is 16.6. The molecule has 5 heteroatoms. The molecule has 0 N–H and O–H groups in total. The first-order valence-corrected chi connectivity index (χ1v) is 6.29. The van der Waals surface area contributed by atoms with E-state index in [0.29, 0.717) is 6.42 Å². The van der Waals surface area contributed by atoms with E-state index in [-0.39, 0.29) is 13.0 Å². The normalized spacial score (nSPS) is 26.4. The minimum Gasteiger partial charge on any atom is -0.469 e. The summed E-state index contributed by atoms with van der Waals surface area (Å²) in [6.07, 6.45) is 2.08. The minimum absolute atomic E-state index is 0.0915. The number of rotatable bonds is 4. The molecule has 0 aromatic carbocycles. The molecule has 0 bridgehead atoms. The van der Waals surface area contributed by atoms with Crippen LogP contribution in [0.5, 0.6) is 0 Å². The average Bonchev–Trinajstić information content (AvgIpc) is 2.27. The molecule has 0 amide bonds. The van der Waals surface area contributed by atoms with Crippen molar-refractivity contribution in [2.75, 3.05) is 13.7 Å². The van der Waals surface area contributed by atoms with Gasteiger partial charge in [-0.1, -0.05) is 0 Å². The Morgan fingerprint density at radius 3 is 2.44 bits per heavy atom. The third-order valence-electron chi connectivity index (χ3n) is 3.14. The third kappa shape index (κ3) is 3.45. The fourth-order valence-electron chi connectivity index (χ4n) is 2.34. The highest BCUT2D eigenvalue weighted by Gasteiger charge is 2.49. The maximum atomic E-state index is 12.1. The standard InChI is InChI=1S/C13H22O5/c1-5-17-11(15)13(9-10(14)16-4)8-6-7-12(2,3)18-13/h5-9H2,1-4H3. The van der Waals surface area contributed by atoms with Crippen molar-refractivity contribution in [3.63, 3.8) is 0 Å². The molecule has 0 aromatic rings. The van der Waals surface area contributed by atoms with Crippen molar-refractivity contribution in [3.05, 3.63) is 0 Å². The number of methoxy groups -OCH3 is 1. The SMILES string of the molecule is CCOC(=O)C1(CC(=O)OC)CCCC(C)(C)O1. The quantitative estimate of drug-likeness (QED) is 0.720. The summed E-state index contributed by atoms with van der Waals surface area (Å²) in [6.45, 7) is 5.83. The van der Waals surface area contributed by atoms with E-state index in [4.69, 9.17) is 9.47 Å². The lowest BCUT2D eigenvalue weighted by Gasteiger charge is -2.42. The minimum atomic E-state index is -1.19. The average molecular weight is 258 g/mol. The molecule has 1 aliphatic rings. The zero-order chi connectivity index (χ0) is 13.8. The van der Waals surface area contributed by atoms with Crippen molar-refractivity contribution < 1.29 is 23.8 Å². The first kappa shape index (κ1) is 15.0. The highest BCUT2D eigenvalue weighted by molar-refractivity contribution is 5.86. The lowest BCUT2D eigenvalue weighted by Crippen LogP contribution is -2.53. The van der Waals surface area contributed by atoms with Gasteiger partial charge in [-0.2, -0.15) is 0 Å². The molecule has 0 radical (unpaired) electrons. The van der Waals surface area contributed by atoms with Crippen LogP contribution in [0.15, 0.2) is 0 Å². The van der Waals surface area contributed by atoms with Gasteiger partial charge in [0.2, 0.25) is 0 Å². The van der Waals surface area contributed by atoms with Gasteiger partial charge in [0.15, 0.2) is 5.60 Å². The van der Waals surface area contributed by atoms with Crippen LogP contribution in [0.2, 0.25) is 0 Å². The van der Waals surface area contributed by atoms with Crippen molar-refractivity contribution in [3.8, 4) is 0 Å². The summed E-state index contributed by atoms with van der Waals surface area (Å²) in [4.78, 5) is 23.6. The Morgan fingerprint density at radius 1 is 1.28 bits per heavy atom. The molecule has 18 heavy (non-hydrogen) atoms. The summed E-state index contributed by atoms with van der Waals surface area (Å²) < 4.78 is 15.6. The van der Waals surface area contributed by atoms with Crippen LogP contribution in [0.3, 0.4) is 0 Å². The summed E-state index contributed by atoms with van der Waals surface area (Å²) in [6, 6.07) is 0. The van der Waals surface area contributed by atoms with E-state index >= 15 is 0 Å². The number of ether oxygens (including phenoxy) is 3. The second kappa shape index (κ2) is 5.69. The molecule has 1 aliphatic heterocycles. The lowest BCUT2D eigenvalue weighted by atomic mass is 9.84. The number of carbonyl (C=O) groups excluding carboxylic acids is 2. The van der Waals surface area contributed by atoms with E-state index in [1.807, 2.05) is 13.8 Å². The van der Waals surface area contributed by atoms with Crippen molar-refractivity contribution >= 4 is 11.9 Å². The molecule has 1 saturated heterocycles. The summed E-state index contributed by atoms with van der Waals surface area (Å²) in [5.41, 5.74) is -1.62. The van der Waals surface area contributed by atoms with Gasteiger partial charge in [0.25, 0.3) is 0 Å². The van der Waals surface area contributed by atoms with Crippen LogP contribution < -0.4 is 0 Å². The molecule has 104 valence electrons. The van der Waals surface area contributed by atoms with Gasteiger partial charge in [-0.3, -0.25) is 4.79 Å². The van der Waals surface area contributed by atoms with Crippen LogP contribution >= 0.6 is 0 Å². The van der Waals surface area contributed by atoms with E-state index < -0.39 is 23.1 Å². The van der Waals surface area contributed by atoms with Gasteiger partial charge in [-0.05, 0) is 40.0 Å². The van der Waals surface area contributed by atoms with Crippen LogP contribution in [-0.4, -0.2) is 36.9 Å². The van der Waals surface area contributed by atoms with E-state index in [1.165, 1.54) is 7.11 Å². The van der Waals surface area contributed by atoms with Crippen molar-refractivity contribution in [1.82, 2.24) is 0 Å². The summed E-state index contributed by atoms with van der Waals surface area (Å²) >= 11 is 0. The predicted octanol–water partition coefficient (Wildman–Crippen LogP) is 1.83. The molecule has 0 aliphatic carbocycles. The van der Waals surface area contributed by atoms with Crippen LogP contribution in [0.4, 0.5) is 0 Å². The third-order valence-corrected chi connectivity index (χ3v) is 3.14. The number of hydrogen-bond acceptors (Lipinski definition) is 5. The van der Waals surface area contributed by atoms with Crippen molar-refractivity contribution in [2.24, 2.45) is 0 Å². The molecular formula is C13H22O5. The van der Waals surface area contributed by atoms with E-state index in [0.717, 1.165) is 12.8 Å². The molecule has 0 aromatic heterocycles. The van der Waals surface area contributed by atoms with Crippen molar-refractivity contribution in [2.45, 2.75) is 57.7 Å². The smallest absolute Gasteiger partial charge is 0.339 e. The second-order valence-corrected chi connectivity index (χ2v) is 5.18. The first-order valence-electron chi connectivity index (χ1n) is 6.29. The first-order chi connectivity index (χ1) is 8.35. The van der Waals surface area contributed by atoms with Crippen LogP contribution in [-0.2, 0) is 23.8 Å². The molecular weight excluding hydrogens is 236 g/mol. The van der Waals surface area contributed by atoms with Gasteiger partial charge in [-0.25, -0.2) is 4.79 Å². The van der Waals surface area contributed by atoms with Crippen LogP contribution in [0, 0.1) is 0 Å². The van der Waals surface area contributed by atoms with Gasteiger partial charge in [0.05, 0.1) is 25.7 Å². The Kier molecular flexibility index (Phi) is 4.73. The summed E-state index contributed by atoms with van der Waals surface area (Å²) in [5, 5.41) is 0. The molecule has 5 nitrogen and oxygen atoms in total. The molecule has 1 atom stereocenters. The van der Waals surface area contributed by atoms with Crippen LogP contribution in [0.1, 0.15) is 46.5 Å². The fourth-order valence-corrected chi connectivity index (χ4v) is 2.34. The van der Waals surface area contributed by atoms with E-state index in [1.54, 1.807) is 6.92 Å². The maximum Gasteiger partial charge on any atom is 0.339 e. The Bertz CT molecular complexity index is 323. The lowest BCUT2D eigenvalue weighted by molar-refractivity contribution is -0.211. The largest absolute Gasteiger partial charge is 0.469 e. The Morgan fingerprint density at radius 2 is 1.94 bits per heavy atom. The number of hydrogen-bond donors (Lipinski definition) is 0. The van der Waals surface area contributed by atoms with Gasteiger partial charge < -0.3 is 14.2 Å². The zero-order valence-corrected chi connectivity index (χ0v) is 11.6. The van der Waals surface area contributed by atoms with Crippen molar-refractivity contribution in [1.29, 1.82) is 0 Å². The molecule has 1 fully saturated rings. The fraction of sp³-hybridized carbons (Fsp3) is 0.846. The zero-order valence-electron chi connectivity index (χ0n) is 11.6. The molecule has 1 unspecified atom stereocenters. The second-order valence-electron chi connectivity index (χ2n) is 5.18. The Balaban J connectivity index is 2.93. The molecule has 0 spiro atoms. The van der Waals surface area contributed by atoms with Gasteiger partial charge in [0, 0.05) is 0 Å². The Hall–Kier alpha value is -1.10. The van der Waals surface area contributed by atoms with E-state index in [2.05, 4.69) is 4.74 Å². The number of esters is 2. The Labute approximate surface area is 108 Å². The van der Waals surface area contributed by atoms with Gasteiger partial charge in [0.1, 0.15) is 0 Å². The maximum absolute atomic E-state index is 12.1. The highest BCUT2D eigenvalue weighted by Crippen LogP contribution is 2.38. The van der Waals surface area contributed by atoms with Crippen LogP contribution in [0.25, 0.3) is 0 Å². The summed E-state index contributed by atoms with van der Waals surface area (Å²) in [5.74, 6) is -0.927. The van der Waals surface area contributed by atoms with Gasteiger partial charge in [-0.15, -0.1) is 0 Å². The van der Waals surface area contributed by atoms with E-state index in [9.17, 15) is 9.59 Å². The molecule has 1 rings (SSSR count). The molecule has 1 heterocycles.